The molecule has 1 nitrogen and oxygen atoms in total. The maximum atomic E-state index is 6.48. The first-order valence-corrected chi connectivity index (χ1v) is 7.91. The van der Waals surface area contributed by atoms with Crippen LogP contribution in [-0.2, 0) is 6.16 Å². The predicted octanol–water partition coefficient (Wildman–Crippen LogP) is 3.03. The summed E-state index contributed by atoms with van der Waals surface area (Å²) < 4.78 is 0. The van der Waals surface area contributed by atoms with E-state index < -0.39 is 7.41 Å². The summed E-state index contributed by atoms with van der Waals surface area (Å²) >= 11 is 0. The molecule has 2 aromatic carbocycles. The van der Waals surface area contributed by atoms with Crippen LogP contribution in [0.3, 0.4) is 0 Å². The Morgan fingerprint density at radius 3 is 1.94 bits per heavy atom. The van der Waals surface area contributed by atoms with Crippen molar-refractivity contribution in [1.82, 2.24) is 0 Å². The molecule has 16 heavy (non-hydrogen) atoms. The standard InChI is InChI=1S/C14H17NP/c1-16(15,14-10-6-3-7-11-14)12-13-8-4-2-5-9-13/h2-11H,12,15H2,1H3/q+1. The van der Waals surface area contributed by atoms with E-state index >= 15 is 0 Å². The van der Waals surface area contributed by atoms with Gasteiger partial charge < -0.3 is 0 Å². The van der Waals surface area contributed by atoms with Crippen molar-refractivity contribution in [3.8, 4) is 0 Å². The highest BCUT2D eigenvalue weighted by molar-refractivity contribution is 7.79. The van der Waals surface area contributed by atoms with E-state index in [9.17, 15) is 0 Å². The first kappa shape index (κ1) is 11.3. The van der Waals surface area contributed by atoms with Gasteiger partial charge in [-0.15, -0.1) is 0 Å². The number of hydrogen-bond donors (Lipinski definition) is 1. The highest BCUT2D eigenvalue weighted by atomic mass is 31.2. The Bertz CT molecular complexity index is 437. The third kappa shape index (κ3) is 2.69. The molecule has 2 heteroatoms. The minimum atomic E-state index is -1.52. The maximum Gasteiger partial charge on any atom is 0.111 e. The molecule has 2 aromatic rings. The van der Waals surface area contributed by atoms with Gasteiger partial charge in [-0.25, -0.2) is 5.50 Å². The average molecular weight is 230 g/mol. The second-order valence-electron chi connectivity index (χ2n) is 4.25. The lowest BCUT2D eigenvalue weighted by Gasteiger charge is -2.17. The molecule has 0 saturated heterocycles. The van der Waals surface area contributed by atoms with Crippen LogP contribution in [0, 0.1) is 0 Å². The first-order chi connectivity index (χ1) is 7.68. The van der Waals surface area contributed by atoms with Crippen molar-refractivity contribution < 1.29 is 0 Å². The molecule has 0 bridgehead atoms. The molecule has 82 valence electrons. The Morgan fingerprint density at radius 1 is 0.875 bits per heavy atom. The van der Waals surface area contributed by atoms with Gasteiger partial charge in [-0.1, -0.05) is 48.5 Å². The smallest absolute Gasteiger partial charge is 0.111 e. The molecule has 0 fully saturated rings. The van der Waals surface area contributed by atoms with Crippen molar-refractivity contribution in [2.24, 2.45) is 5.50 Å². The summed E-state index contributed by atoms with van der Waals surface area (Å²) in [6.07, 6.45) is 0.970. The van der Waals surface area contributed by atoms with Crippen LogP contribution in [-0.4, -0.2) is 6.66 Å². The summed E-state index contributed by atoms with van der Waals surface area (Å²) in [5.41, 5.74) is 7.80. The van der Waals surface area contributed by atoms with E-state index in [2.05, 4.69) is 55.2 Å². The minimum absolute atomic E-state index is 0.970. The molecule has 0 aliphatic rings. The van der Waals surface area contributed by atoms with Crippen molar-refractivity contribution in [2.45, 2.75) is 6.16 Å². The van der Waals surface area contributed by atoms with Crippen molar-refractivity contribution in [3.63, 3.8) is 0 Å². The number of nitrogens with two attached hydrogens (primary N) is 1. The number of hydrogen-bond acceptors (Lipinski definition) is 1. The molecule has 0 spiro atoms. The maximum absolute atomic E-state index is 6.48. The fourth-order valence-electron chi connectivity index (χ4n) is 1.82. The quantitative estimate of drug-likeness (QED) is 0.806. The SMILES string of the molecule is C[P+](N)(Cc1ccccc1)c1ccccc1. The van der Waals surface area contributed by atoms with Crippen LogP contribution < -0.4 is 10.8 Å². The van der Waals surface area contributed by atoms with Gasteiger partial charge in [0.1, 0.15) is 18.9 Å². The van der Waals surface area contributed by atoms with Crippen LogP contribution >= 0.6 is 7.41 Å². The molecule has 0 aliphatic carbocycles. The van der Waals surface area contributed by atoms with Gasteiger partial charge in [-0.3, -0.25) is 0 Å². The topological polar surface area (TPSA) is 26.0 Å². The van der Waals surface area contributed by atoms with Crippen molar-refractivity contribution in [2.75, 3.05) is 6.66 Å². The van der Waals surface area contributed by atoms with Crippen LogP contribution in [0.25, 0.3) is 0 Å². The van der Waals surface area contributed by atoms with Gasteiger partial charge >= 0.3 is 0 Å². The summed E-state index contributed by atoms with van der Waals surface area (Å²) in [5.74, 6) is 0. The zero-order valence-electron chi connectivity index (χ0n) is 9.51. The van der Waals surface area contributed by atoms with E-state index in [0.717, 1.165) is 6.16 Å². The Kier molecular flexibility index (Phi) is 3.38. The number of benzene rings is 2. The van der Waals surface area contributed by atoms with E-state index in [1.807, 2.05) is 12.1 Å². The Balaban J connectivity index is 2.21. The molecule has 0 heterocycles. The zero-order valence-corrected chi connectivity index (χ0v) is 10.4. The van der Waals surface area contributed by atoms with Crippen molar-refractivity contribution in [1.29, 1.82) is 0 Å². The highest BCUT2D eigenvalue weighted by Crippen LogP contribution is 2.48. The second kappa shape index (κ2) is 4.78. The molecule has 2 rings (SSSR count). The van der Waals surface area contributed by atoms with Crippen LogP contribution in [0.5, 0.6) is 0 Å². The molecule has 1 atom stereocenters. The monoisotopic (exact) mass is 230 g/mol. The summed E-state index contributed by atoms with van der Waals surface area (Å²) in [6, 6.07) is 20.9. The normalized spacial score (nSPS) is 14.4. The second-order valence-corrected chi connectivity index (χ2v) is 7.62. The molecule has 0 saturated carbocycles. The fourth-order valence-corrected chi connectivity index (χ4v) is 3.83. The molecule has 0 amide bonds. The molecule has 0 radical (unpaired) electrons. The van der Waals surface area contributed by atoms with Gasteiger partial charge in [0.2, 0.25) is 0 Å². The van der Waals surface area contributed by atoms with E-state index in [1.165, 1.54) is 10.9 Å². The van der Waals surface area contributed by atoms with Crippen LogP contribution in [0.1, 0.15) is 5.56 Å². The summed E-state index contributed by atoms with van der Waals surface area (Å²) in [5, 5.41) is 1.29. The lowest BCUT2D eigenvalue weighted by atomic mass is 10.2. The van der Waals surface area contributed by atoms with E-state index in [-0.39, 0.29) is 0 Å². The van der Waals surface area contributed by atoms with Gasteiger partial charge in [0.15, 0.2) is 0 Å². The summed E-state index contributed by atoms with van der Waals surface area (Å²) in [7, 11) is -1.52. The molecular weight excluding hydrogens is 213 g/mol. The average Bonchev–Trinajstić information content (AvgIpc) is 2.31. The van der Waals surface area contributed by atoms with Gasteiger partial charge in [-0.05, 0) is 17.7 Å². The molecule has 2 N–H and O–H groups in total. The molecule has 0 aliphatic heterocycles. The predicted molar refractivity (Wildman–Crippen MR) is 73.3 cm³/mol. The minimum Gasteiger partial charge on any atom is -0.200 e. The van der Waals surface area contributed by atoms with Crippen LogP contribution in [0.4, 0.5) is 0 Å². The Labute approximate surface area is 97.7 Å². The first-order valence-electron chi connectivity index (χ1n) is 5.42. The third-order valence-electron chi connectivity index (χ3n) is 2.70. The summed E-state index contributed by atoms with van der Waals surface area (Å²) in [6.45, 7) is 2.19. The Morgan fingerprint density at radius 2 is 1.38 bits per heavy atom. The van der Waals surface area contributed by atoms with Crippen molar-refractivity contribution in [3.05, 3.63) is 66.2 Å². The largest absolute Gasteiger partial charge is 0.200 e. The molecular formula is C14H17NP+. The molecule has 1 unspecified atom stereocenters. The molecule has 0 aromatic heterocycles. The lowest BCUT2D eigenvalue weighted by Crippen LogP contribution is -2.19. The van der Waals surface area contributed by atoms with E-state index in [0.29, 0.717) is 0 Å². The summed E-state index contributed by atoms with van der Waals surface area (Å²) in [4.78, 5) is 0. The van der Waals surface area contributed by atoms with E-state index in [1.54, 1.807) is 0 Å². The highest BCUT2D eigenvalue weighted by Gasteiger charge is 2.29. The number of rotatable bonds is 3. The van der Waals surface area contributed by atoms with Crippen LogP contribution in [0.2, 0.25) is 0 Å². The lowest BCUT2D eigenvalue weighted by molar-refractivity contribution is 1.37. The van der Waals surface area contributed by atoms with Gasteiger partial charge in [-0.2, -0.15) is 0 Å². The van der Waals surface area contributed by atoms with E-state index in [4.69, 9.17) is 5.50 Å². The van der Waals surface area contributed by atoms with Crippen LogP contribution in [0.15, 0.2) is 60.7 Å². The van der Waals surface area contributed by atoms with Gasteiger partial charge in [0.25, 0.3) is 0 Å². The zero-order chi connectivity index (χ0) is 11.4. The van der Waals surface area contributed by atoms with Gasteiger partial charge in [0.05, 0.1) is 6.66 Å². The Hall–Kier alpha value is -1.17. The van der Waals surface area contributed by atoms with Crippen molar-refractivity contribution >= 4 is 12.7 Å². The van der Waals surface area contributed by atoms with Gasteiger partial charge in [0, 0.05) is 0 Å². The third-order valence-corrected chi connectivity index (χ3v) is 5.20. The fraction of sp³-hybridized carbons (Fsp3) is 0.143.